The van der Waals surface area contributed by atoms with E-state index in [1.54, 1.807) is 0 Å². The lowest BCUT2D eigenvalue weighted by molar-refractivity contribution is 0.0962. The Kier molecular flexibility index (Phi) is 3.86. The Labute approximate surface area is 105 Å². The van der Waals surface area contributed by atoms with Gasteiger partial charge in [-0.05, 0) is 54.1 Å². The normalized spacial score (nSPS) is 28.2. The molecule has 0 amide bonds. The standard InChI is InChI=1S/C12H18BrNS/c1-9-4-3-5-10(2)14(9)8-12-11(13)6-7-15-12/h6-7,9-10H,3-5,8H2,1-2H3/t9-,10+. The van der Waals surface area contributed by atoms with Gasteiger partial charge in [0.05, 0.1) is 0 Å². The molecule has 1 aromatic rings. The second-order valence-electron chi connectivity index (χ2n) is 4.49. The quantitative estimate of drug-likeness (QED) is 0.785. The first kappa shape index (κ1) is 11.6. The minimum Gasteiger partial charge on any atom is -0.293 e. The number of likely N-dealkylation sites (tertiary alicyclic amines) is 1. The van der Waals surface area contributed by atoms with Crippen molar-refractivity contribution in [1.29, 1.82) is 0 Å². The maximum Gasteiger partial charge on any atom is 0.0344 e. The minimum absolute atomic E-state index is 0.739. The Morgan fingerprint density at radius 1 is 1.40 bits per heavy atom. The molecule has 0 bridgehead atoms. The number of rotatable bonds is 2. The van der Waals surface area contributed by atoms with E-state index in [1.807, 2.05) is 11.3 Å². The molecule has 0 unspecified atom stereocenters. The van der Waals surface area contributed by atoms with Crippen molar-refractivity contribution >= 4 is 27.3 Å². The molecule has 0 spiro atoms. The Morgan fingerprint density at radius 3 is 2.60 bits per heavy atom. The Balaban J connectivity index is 2.06. The van der Waals surface area contributed by atoms with Crippen molar-refractivity contribution in [2.45, 2.75) is 51.7 Å². The zero-order valence-corrected chi connectivity index (χ0v) is 11.8. The van der Waals surface area contributed by atoms with Crippen LogP contribution < -0.4 is 0 Å². The van der Waals surface area contributed by atoms with E-state index >= 15 is 0 Å². The SMILES string of the molecule is C[C@@H]1CCC[C@H](C)N1Cc1sccc1Br. The zero-order valence-electron chi connectivity index (χ0n) is 9.37. The lowest BCUT2D eigenvalue weighted by atomic mass is 9.97. The van der Waals surface area contributed by atoms with Crippen LogP contribution >= 0.6 is 27.3 Å². The molecule has 1 nitrogen and oxygen atoms in total. The maximum absolute atomic E-state index is 3.62. The second-order valence-corrected chi connectivity index (χ2v) is 6.35. The van der Waals surface area contributed by atoms with Crippen LogP contribution in [0.2, 0.25) is 0 Å². The van der Waals surface area contributed by atoms with Crippen molar-refractivity contribution in [3.8, 4) is 0 Å². The summed E-state index contributed by atoms with van der Waals surface area (Å²) in [6.45, 7) is 5.83. The van der Waals surface area contributed by atoms with Gasteiger partial charge in [0.1, 0.15) is 0 Å². The molecule has 1 aliphatic rings. The second kappa shape index (κ2) is 4.98. The molecule has 0 N–H and O–H groups in total. The van der Waals surface area contributed by atoms with Gasteiger partial charge in [0.2, 0.25) is 0 Å². The average Bonchev–Trinajstić information content (AvgIpc) is 2.58. The molecule has 0 radical (unpaired) electrons. The third kappa shape index (κ3) is 2.63. The van der Waals surface area contributed by atoms with Crippen LogP contribution in [0.15, 0.2) is 15.9 Å². The molecule has 1 aliphatic heterocycles. The minimum atomic E-state index is 0.739. The maximum atomic E-state index is 3.62. The van der Waals surface area contributed by atoms with Gasteiger partial charge in [-0.15, -0.1) is 11.3 Å². The molecule has 0 aliphatic carbocycles. The van der Waals surface area contributed by atoms with Crippen LogP contribution in [0.1, 0.15) is 38.0 Å². The number of thiophene rings is 1. The summed E-state index contributed by atoms with van der Waals surface area (Å²) in [5, 5.41) is 2.17. The van der Waals surface area contributed by atoms with Crippen LogP contribution in [0, 0.1) is 0 Å². The van der Waals surface area contributed by atoms with E-state index < -0.39 is 0 Å². The van der Waals surface area contributed by atoms with E-state index in [-0.39, 0.29) is 0 Å². The van der Waals surface area contributed by atoms with Gasteiger partial charge in [0.15, 0.2) is 0 Å². The molecule has 0 aromatic carbocycles. The van der Waals surface area contributed by atoms with Gasteiger partial charge in [-0.3, -0.25) is 4.90 Å². The summed E-state index contributed by atoms with van der Waals surface area (Å²) in [5.41, 5.74) is 0. The third-order valence-electron chi connectivity index (χ3n) is 3.39. The number of hydrogen-bond acceptors (Lipinski definition) is 2. The van der Waals surface area contributed by atoms with Gasteiger partial charge in [-0.1, -0.05) is 6.42 Å². The van der Waals surface area contributed by atoms with Gasteiger partial charge in [-0.2, -0.15) is 0 Å². The first-order valence-corrected chi connectivity index (χ1v) is 7.33. The molecule has 1 aromatic heterocycles. The summed E-state index contributed by atoms with van der Waals surface area (Å²) < 4.78 is 1.28. The summed E-state index contributed by atoms with van der Waals surface area (Å²) in [6, 6.07) is 3.63. The molecule has 2 atom stereocenters. The number of piperidine rings is 1. The van der Waals surface area contributed by atoms with Gasteiger partial charge >= 0.3 is 0 Å². The van der Waals surface area contributed by atoms with Gasteiger partial charge < -0.3 is 0 Å². The van der Waals surface area contributed by atoms with Crippen LogP contribution in [0.3, 0.4) is 0 Å². The van der Waals surface area contributed by atoms with Crippen LogP contribution in [-0.4, -0.2) is 17.0 Å². The lowest BCUT2D eigenvalue weighted by Crippen LogP contribution is -2.42. The highest BCUT2D eigenvalue weighted by atomic mass is 79.9. The third-order valence-corrected chi connectivity index (χ3v) is 5.30. The predicted octanol–water partition coefficient (Wildman–Crippen LogP) is 4.27. The molecule has 1 saturated heterocycles. The van der Waals surface area contributed by atoms with Gasteiger partial charge in [0.25, 0.3) is 0 Å². The summed E-state index contributed by atoms with van der Waals surface area (Å²) >= 11 is 5.48. The monoisotopic (exact) mass is 287 g/mol. The molecule has 84 valence electrons. The lowest BCUT2D eigenvalue weighted by Gasteiger charge is -2.38. The summed E-state index contributed by atoms with van der Waals surface area (Å²) in [7, 11) is 0. The Morgan fingerprint density at radius 2 is 2.07 bits per heavy atom. The molecule has 1 fully saturated rings. The first-order chi connectivity index (χ1) is 7.18. The number of nitrogens with zero attached hydrogens (tertiary/aromatic N) is 1. The Hall–Kier alpha value is 0.140. The van der Waals surface area contributed by atoms with Crippen molar-refractivity contribution in [2.75, 3.05) is 0 Å². The summed E-state index contributed by atoms with van der Waals surface area (Å²) in [4.78, 5) is 4.11. The average molecular weight is 288 g/mol. The van der Waals surface area contributed by atoms with Gasteiger partial charge in [-0.25, -0.2) is 0 Å². The molecule has 2 rings (SSSR count). The zero-order chi connectivity index (χ0) is 10.8. The van der Waals surface area contributed by atoms with Crippen molar-refractivity contribution in [3.05, 3.63) is 20.8 Å². The molecule has 15 heavy (non-hydrogen) atoms. The fraction of sp³-hybridized carbons (Fsp3) is 0.667. The summed E-state index contributed by atoms with van der Waals surface area (Å²) in [6.07, 6.45) is 4.10. The van der Waals surface area contributed by atoms with Crippen LogP contribution in [0.4, 0.5) is 0 Å². The van der Waals surface area contributed by atoms with Crippen molar-refractivity contribution in [3.63, 3.8) is 0 Å². The van der Waals surface area contributed by atoms with E-state index in [9.17, 15) is 0 Å². The van der Waals surface area contributed by atoms with Crippen LogP contribution in [0.5, 0.6) is 0 Å². The van der Waals surface area contributed by atoms with Gasteiger partial charge in [0, 0.05) is 28.0 Å². The molecular formula is C12H18BrNS. The fourth-order valence-electron chi connectivity index (χ4n) is 2.39. The van der Waals surface area contributed by atoms with Crippen LogP contribution in [-0.2, 0) is 6.54 Å². The Bertz CT molecular complexity index is 313. The first-order valence-electron chi connectivity index (χ1n) is 5.66. The highest BCUT2D eigenvalue weighted by Crippen LogP contribution is 2.29. The predicted molar refractivity (Wildman–Crippen MR) is 70.3 cm³/mol. The highest BCUT2D eigenvalue weighted by molar-refractivity contribution is 9.10. The van der Waals surface area contributed by atoms with E-state index in [0.717, 1.165) is 18.6 Å². The van der Waals surface area contributed by atoms with Crippen molar-refractivity contribution in [1.82, 2.24) is 4.90 Å². The van der Waals surface area contributed by atoms with E-state index in [0.29, 0.717) is 0 Å². The smallest absolute Gasteiger partial charge is 0.0344 e. The summed E-state index contributed by atoms with van der Waals surface area (Å²) in [5.74, 6) is 0. The van der Waals surface area contributed by atoms with Crippen molar-refractivity contribution < 1.29 is 0 Å². The number of halogens is 1. The largest absolute Gasteiger partial charge is 0.293 e. The van der Waals surface area contributed by atoms with E-state index in [1.165, 1.54) is 28.6 Å². The fourth-order valence-corrected chi connectivity index (χ4v) is 3.88. The molecule has 3 heteroatoms. The topological polar surface area (TPSA) is 3.24 Å². The molecule has 2 heterocycles. The molecular weight excluding hydrogens is 270 g/mol. The van der Waals surface area contributed by atoms with Crippen LogP contribution in [0.25, 0.3) is 0 Å². The van der Waals surface area contributed by atoms with E-state index in [2.05, 4.69) is 46.1 Å². The number of hydrogen-bond donors (Lipinski definition) is 0. The highest BCUT2D eigenvalue weighted by Gasteiger charge is 2.25. The van der Waals surface area contributed by atoms with Crippen molar-refractivity contribution in [2.24, 2.45) is 0 Å². The van der Waals surface area contributed by atoms with E-state index in [4.69, 9.17) is 0 Å². The molecule has 0 saturated carbocycles.